The van der Waals surface area contributed by atoms with Crippen LogP contribution < -0.4 is 5.43 Å². The first-order valence-electron chi connectivity index (χ1n) is 5.66. The Morgan fingerprint density at radius 1 is 1.35 bits per heavy atom. The van der Waals surface area contributed by atoms with Gasteiger partial charge in [-0.25, -0.2) is 0 Å². The zero-order valence-corrected chi connectivity index (χ0v) is 11.0. The van der Waals surface area contributed by atoms with Crippen LogP contribution in [-0.2, 0) is 4.74 Å². The van der Waals surface area contributed by atoms with E-state index in [4.69, 9.17) is 4.74 Å². The van der Waals surface area contributed by atoms with Gasteiger partial charge >= 0.3 is 5.69 Å². The summed E-state index contributed by atoms with van der Waals surface area (Å²) in [5, 5.41) is 25.4. The maximum Gasteiger partial charge on any atom is 0.301 e. The van der Waals surface area contributed by atoms with E-state index < -0.39 is 15.5 Å². The summed E-state index contributed by atoms with van der Waals surface area (Å²) in [6, 6.07) is 3.32. The second-order valence-electron chi connectivity index (χ2n) is 3.92. The average Bonchev–Trinajstić information content (AvgIpc) is 2.42. The molecule has 1 aromatic rings. The van der Waals surface area contributed by atoms with Gasteiger partial charge in [-0.1, -0.05) is 0 Å². The van der Waals surface area contributed by atoms with Gasteiger partial charge < -0.3 is 4.74 Å². The molecule has 0 spiro atoms. The molecular formula is C11H14N4O5. The highest BCUT2D eigenvalue weighted by Crippen LogP contribution is 2.28. The van der Waals surface area contributed by atoms with Crippen molar-refractivity contribution in [2.45, 2.75) is 13.3 Å². The van der Waals surface area contributed by atoms with Crippen molar-refractivity contribution in [2.24, 2.45) is 5.10 Å². The largest absolute Gasteiger partial charge is 0.384 e. The van der Waals surface area contributed by atoms with E-state index in [1.807, 2.05) is 0 Å². The van der Waals surface area contributed by atoms with Crippen LogP contribution >= 0.6 is 0 Å². The number of nitrogens with one attached hydrogen (secondary N) is 1. The van der Waals surface area contributed by atoms with Crippen molar-refractivity contribution >= 4 is 22.8 Å². The molecule has 0 heterocycles. The van der Waals surface area contributed by atoms with Crippen molar-refractivity contribution in [1.29, 1.82) is 0 Å². The van der Waals surface area contributed by atoms with Gasteiger partial charge in [0.2, 0.25) is 0 Å². The molecule has 0 saturated heterocycles. The lowest BCUT2D eigenvalue weighted by Gasteiger charge is -2.04. The van der Waals surface area contributed by atoms with Crippen molar-refractivity contribution in [3.8, 4) is 0 Å². The van der Waals surface area contributed by atoms with Gasteiger partial charge in [-0.05, 0) is 13.0 Å². The zero-order valence-electron chi connectivity index (χ0n) is 11.0. The van der Waals surface area contributed by atoms with E-state index in [1.165, 1.54) is 12.1 Å². The molecule has 0 amide bonds. The lowest BCUT2D eigenvalue weighted by molar-refractivity contribution is -0.393. The Labute approximate surface area is 114 Å². The minimum absolute atomic E-state index is 0.0948. The second-order valence-corrected chi connectivity index (χ2v) is 3.92. The quantitative estimate of drug-likeness (QED) is 0.465. The topological polar surface area (TPSA) is 120 Å². The first kappa shape index (κ1) is 15.5. The molecule has 9 heteroatoms. The fourth-order valence-electron chi connectivity index (χ4n) is 1.34. The molecule has 108 valence electrons. The van der Waals surface area contributed by atoms with E-state index in [2.05, 4.69) is 10.5 Å². The Kier molecular flexibility index (Phi) is 5.54. The number of nitro groups is 2. The van der Waals surface area contributed by atoms with Crippen LogP contribution in [-0.4, -0.2) is 29.3 Å². The lowest BCUT2D eigenvalue weighted by atomic mass is 10.2. The van der Waals surface area contributed by atoms with Crippen molar-refractivity contribution in [1.82, 2.24) is 0 Å². The van der Waals surface area contributed by atoms with Gasteiger partial charge in [0, 0.05) is 25.3 Å². The smallest absolute Gasteiger partial charge is 0.301 e. The van der Waals surface area contributed by atoms with Gasteiger partial charge in [0.25, 0.3) is 5.69 Å². The number of anilines is 1. The molecule has 1 N–H and O–H groups in total. The Balaban J connectivity index is 2.95. The summed E-state index contributed by atoms with van der Waals surface area (Å²) < 4.78 is 4.88. The van der Waals surface area contributed by atoms with Gasteiger partial charge in [0.1, 0.15) is 5.69 Å². The van der Waals surface area contributed by atoms with Crippen LogP contribution in [0.4, 0.5) is 17.1 Å². The first-order valence-corrected chi connectivity index (χ1v) is 5.66. The first-order chi connectivity index (χ1) is 9.45. The average molecular weight is 282 g/mol. The van der Waals surface area contributed by atoms with E-state index in [1.54, 1.807) is 14.0 Å². The van der Waals surface area contributed by atoms with E-state index in [0.717, 1.165) is 6.07 Å². The molecule has 0 bridgehead atoms. The number of hydrazone groups is 1. The SMILES string of the molecule is COCC/C(C)=N/Nc1ccc([N+](=O)[O-])cc1[N+](=O)[O-]. The highest BCUT2D eigenvalue weighted by Gasteiger charge is 2.19. The third-order valence-corrected chi connectivity index (χ3v) is 2.42. The van der Waals surface area contributed by atoms with Crippen LogP contribution in [0.15, 0.2) is 23.3 Å². The van der Waals surface area contributed by atoms with E-state index >= 15 is 0 Å². The predicted octanol–water partition coefficient (Wildman–Crippen LogP) is 2.33. The van der Waals surface area contributed by atoms with Crippen LogP contribution in [0.5, 0.6) is 0 Å². The molecule has 20 heavy (non-hydrogen) atoms. The number of benzene rings is 1. The normalized spacial score (nSPS) is 11.2. The summed E-state index contributed by atoms with van der Waals surface area (Å²) in [6.45, 7) is 2.22. The van der Waals surface area contributed by atoms with Gasteiger partial charge in [-0.2, -0.15) is 5.10 Å². The third-order valence-electron chi connectivity index (χ3n) is 2.42. The van der Waals surface area contributed by atoms with Gasteiger partial charge in [-0.15, -0.1) is 0 Å². The molecule has 0 aromatic heterocycles. The van der Waals surface area contributed by atoms with E-state index in [-0.39, 0.29) is 11.4 Å². The van der Waals surface area contributed by atoms with Crippen molar-refractivity contribution in [3.05, 3.63) is 38.4 Å². The fraction of sp³-hybridized carbons (Fsp3) is 0.364. The summed E-state index contributed by atoms with van der Waals surface area (Å²) in [7, 11) is 1.56. The van der Waals surface area contributed by atoms with Crippen LogP contribution in [0, 0.1) is 20.2 Å². The number of hydrogen-bond acceptors (Lipinski definition) is 7. The van der Waals surface area contributed by atoms with Crippen molar-refractivity contribution < 1.29 is 14.6 Å². The van der Waals surface area contributed by atoms with Crippen molar-refractivity contribution in [2.75, 3.05) is 19.1 Å². The number of methoxy groups -OCH3 is 1. The van der Waals surface area contributed by atoms with Crippen LogP contribution in [0.2, 0.25) is 0 Å². The number of hydrogen-bond donors (Lipinski definition) is 1. The number of rotatable bonds is 7. The molecule has 0 saturated carbocycles. The summed E-state index contributed by atoms with van der Waals surface area (Å²) >= 11 is 0. The Hall–Kier alpha value is -2.55. The second kappa shape index (κ2) is 7.14. The Bertz CT molecular complexity index is 544. The standard InChI is InChI=1S/C11H14N4O5/c1-8(5-6-20-2)12-13-10-4-3-9(14(16)17)7-11(10)15(18)19/h3-4,7,13H,5-6H2,1-2H3/b12-8+. The predicted molar refractivity (Wildman–Crippen MR) is 73.0 cm³/mol. The molecule has 0 radical (unpaired) electrons. The van der Waals surface area contributed by atoms with Gasteiger partial charge in [0.15, 0.2) is 0 Å². The summed E-state index contributed by atoms with van der Waals surface area (Å²) in [6.07, 6.45) is 0.574. The Morgan fingerprint density at radius 2 is 2.05 bits per heavy atom. The number of ether oxygens (including phenoxy) is 1. The number of nitrogens with zero attached hydrogens (tertiary/aromatic N) is 3. The molecule has 0 aliphatic heterocycles. The maximum absolute atomic E-state index is 10.9. The van der Waals surface area contributed by atoms with Crippen LogP contribution in [0.1, 0.15) is 13.3 Å². The molecule has 1 rings (SSSR count). The summed E-state index contributed by atoms with van der Waals surface area (Å²) in [4.78, 5) is 20.1. The minimum Gasteiger partial charge on any atom is -0.384 e. The molecule has 0 unspecified atom stereocenters. The van der Waals surface area contributed by atoms with Crippen LogP contribution in [0.25, 0.3) is 0 Å². The fourth-order valence-corrected chi connectivity index (χ4v) is 1.34. The molecule has 9 nitrogen and oxygen atoms in total. The monoisotopic (exact) mass is 282 g/mol. The number of nitro benzene ring substituents is 2. The molecule has 0 fully saturated rings. The van der Waals surface area contributed by atoms with Crippen LogP contribution in [0.3, 0.4) is 0 Å². The highest BCUT2D eigenvalue weighted by atomic mass is 16.6. The molecule has 0 aliphatic carbocycles. The zero-order chi connectivity index (χ0) is 15.1. The lowest BCUT2D eigenvalue weighted by Crippen LogP contribution is -2.03. The van der Waals surface area contributed by atoms with E-state index in [0.29, 0.717) is 18.7 Å². The molecule has 0 aliphatic rings. The van der Waals surface area contributed by atoms with Crippen molar-refractivity contribution in [3.63, 3.8) is 0 Å². The van der Waals surface area contributed by atoms with Gasteiger partial charge in [0.05, 0.1) is 22.5 Å². The Morgan fingerprint density at radius 3 is 2.60 bits per heavy atom. The van der Waals surface area contributed by atoms with Gasteiger partial charge in [-0.3, -0.25) is 25.7 Å². The molecule has 0 atom stereocenters. The van der Waals surface area contributed by atoms with E-state index in [9.17, 15) is 20.2 Å². The number of non-ortho nitro benzene ring substituents is 1. The highest BCUT2D eigenvalue weighted by molar-refractivity contribution is 5.83. The molecular weight excluding hydrogens is 268 g/mol. The minimum atomic E-state index is -0.699. The maximum atomic E-state index is 10.9. The third kappa shape index (κ3) is 4.28. The summed E-state index contributed by atoms with van der Waals surface area (Å²) in [5.41, 5.74) is 2.58. The molecule has 1 aromatic carbocycles. The summed E-state index contributed by atoms with van der Waals surface area (Å²) in [5.74, 6) is 0.